The molecule has 64 heavy (non-hydrogen) atoms. The van der Waals surface area contributed by atoms with Gasteiger partial charge in [-0.1, -0.05) is 140 Å². The van der Waals surface area contributed by atoms with E-state index < -0.39 is 0 Å². The first kappa shape index (κ1) is 34.8. The maximum absolute atomic E-state index is 12.3. The van der Waals surface area contributed by atoms with Crippen molar-refractivity contribution >= 4 is 87.0 Å². The summed E-state index contributed by atoms with van der Waals surface area (Å²) in [5, 5.41) is 23.4. The zero-order valence-electron chi connectivity index (χ0n) is 34.2. The highest BCUT2D eigenvalue weighted by molar-refractivity contribution is 6.35. The van der Waals surface area contributed by atoms with Gasteiger partial charge in [-0.05, 0) is 63.2 Å². The molecule has 4 aromatic heterocycles. The Kier molecular flexibility index (Phi) is 7.08. The molecular formula is C58H32N6. The molecule has 0 saturated heterocycles. The van der Waals surface area contributed by atoms with E-state index >= 15 is 0 Å². The lowest BCUT2D eigenvalue weighted by molar-refractivity contribution is 1.12. The minimum atomic E-state index is 0.563. The normalized spacial score (nSPS) is 12.0. The first-order valence-electron chi connectivity index (χ1n) is 21.5. The molecular weight excluding hydrogens is 781 g/mol. The van der Waals surface area contributed by atoms with Gasteiger partial charge in [-0.3, -0.25) is 15.0 Å². The molecule has 14 rings (SSSR count). The molecule has 6 heteroatoms. The number of aromatic nitrogens is 5. The number of rotatable bonds is 5. The quantitative estimate of drug-likeness (QED) is 0.162. The van der Waals surface area contributed by atoms with E-state index in [1.807, 2.05) is 12.4 Å². The van der Waals surface area contributed by atoms with Crippen LogP contribution in [0, 0.1) is 11.3 Å². The Morgan fingerprint density at radius 2 is 0.766 bits per heavy atom. The predicted octanol–water partition coefficient (Wildman–Crippen LogP) is 14.4. The Hall–Kier alpha value is -8.92. The number of pyridine rings is 1. The molecule has 0 amide bonds. The molecule has 0 aliphatic carbocycles. The minimum Gasteiger partial charge on any atom is -0.307 e. The molecule has 0 fully saturated rings. The van der Waals surface area contributed by atoms with Crippen LogP contribution in [0.2, 0.25) is 0 Å². The molecule has 4 heterocycles. The van der Waals surface area contributed by atoms with Crippen LogP contribution in [0.4, 0.5) is 0 Å². The average Bonchev–Trinajstić information content (AvgIpc) is 3.89. The second-order valence-electron chi connectivity index (χ2n) is 16.6. The Bertz CT molecular complexity index is 3820. The first-order valence-corrected chi connectivity index (χ1v) is 21.5. The highest BCUT2D eigenvalue weighted by Gasteiger charge is 2.33. The van der Waals surface area contributed by atoms with E-state index in [0.717, 1.165) is 126 Å². The smallest absolute Gasteiger partial charge is 0.104 e. The van der Waals surface area contributed by atoms with Gasteiger partial charge >= 0.3 is 0 Å². The minimum absolute atomic E-state index is 0.563. The Morgan fingerprint density at radius 3 is 1.22 bits per heavy atom. The van der Waals surface area contributed by atoms with Crippen molar-refractivity contribution in [2.45, 2.75) is 0 Å². The fourth-order valence-corrected chi connectivity index (χ4v) is 11.1. The summed E-state index contributed by atoms with van der Waals surface area (Å²) in [6.07, 6.45) is 7.42. The largest absolute Gasteiger partial charge is 0.307 e. The van der Waals surface area contributed by atoms with Crippen molar-refractivity contribution in [1.29, 1.82) is 5.26 Å². The lowest BCUT2D eigenvalue weighted by Gasteiger charge is -2.27. The van der Waals surface area contributed by atoms with Gasteiger partial charge in [0.1, 0.15) is 11.6 Å². The Morgan fingerprint density at radius 1 is 0.359 bits per heavy atom. The van der Waals surface area contributed by atoms with Crippen LogP contribution in [0.3, 0.4) is 0 Å². The zero-order chi connectivity index (χ0) is 42.0. The molecule has 0 atom stereocenters. The summed E-state index contributed by atoms with van der Waals surface area (Å²) in [4.78, 5) is 14.4. The third kappa shape index (κ3) is 4.49. The Balaban J connectivity index is 1.30. The summed E-state index contributed by atoms with van der Waals surface area (Å²) < 4.78 is 4.74. The van der Waals surface area contributed by atoms with Crippen molar-refractivity contribution in [1.82, 2.24) is 24.1 Å². The van der Waals surface area contributed by atoms with Gasteiger partial charge in [-0.25, -0.2) is 0 Å². The van der Waals surface area contributed by atoms with E-state index in [1.165, 1.54) is 5.39 Å². The third-order valence-electron chi connectivity index (χ3n) is 13.4. The summed E-state index contributed by atoms with van der Waals surface area (Å²) in [5.41, 5.74) is 14.0. The van der Waals surface area contributed by atoms with E-state index in [-0.39, 0.29) is 0 Å². The van der Waals surface area contributed by atoms with E-state index in [9.17, 15) is 5.26 Å². The van der Waals surface area contributed by atoms with Gasteiger partial charge in [0.2, 0.25) is 0 Å². The van der Waals surface area contributed by atoms with Crippen molar-refractivity contribution in [3.63, 3.8) is 0 Å². The van der Waals surface area contributed by atoms with Crippen LogP contribution in [0.1, 0.15) is 5.56 Å². The molecule has 0 unspecified atom stereocenters. The predicted molar refractivity (Wildman–Crippen MR) is 262 cm³/mol. The fraction of sp³-hybridized carbons (Fsp3) is 0. The van der Waals surface area contributed by atoms with Gasteiger partial charge in [0.15, 0.2) is 0 Å². The summed E-state index contributed by atoms with van der Waals surface area (Å²) >= 11 is 0. The molecule has 6 nitrogen and oxygen atoms in total. The molecule has 294 valence electrons. The second kappa shape index (κ2) is 13.0. The van der Waals surface area contributed by atoms with Gasteiger partial charge < -0.3 is 9.13 Å². The fourth-order valence-electron chi connectivity index (χ4n) is 11.1. The molecule has 0 aliphatic heterocycles. The summed E-state index contributed by atoms with van der Waals surface area (Å²) in [7, 11) is 0. The van der Waals surface area contributed by atoms with Crippen molar-refractivity contribution in [2.24, 2.45) is 0 Å². The zero-order valence-corrected chi connectivity index (χ0v) is 34.2. The molecule has 0 bridgehead atoms. The summed E-state index contributed by atoms with van der Waals surface area (Å²) in [6.45, 7) is 0. The van der Waals surface area contributed by atoms with Gasteiger partial charge in [-0.2, -0.15) is 5.26 Å². The van der Waals surface area contributed by atoms with Crippen molar-refractivity contribution < 1.29 is 0 Å². The molecule has 0 N–H and O–H groups in total. The van der Waals surface area contributed by atoms with Crippen LogP contribution in [0.25, 0.3) is 132 Å². The van der Waals surface area contributed by atoms with Crippen LogP contribution in [-0.2, 0) is 0 Å². The molecule has 10 aromatic carbocycles. The van der Waals surface area contributed by atoms with Crippen LogP contribution < -0.4 is 0 Å². The lowest BCUT2D eigenvalue weighted by Crippen LogP contribution is -2.10. The van der Waals surface area contributed by atoms with Crippen LogP contribution >= 0.6 is 0 Å². The highest BCUT2D eigenvalue weighted by atomic mass is 15.0. The number of nitriles is 1. The molecule has 0 radical (unpaired) electrons. The number of fused-ring (bicyclic) bond motifs is 6. The average molecular weight is 813 g/mol. The van der Waals surface area contributed by atoms with E-state index in [1.54, 1.807) is 12.4 Å². The maximum Gasteiger partial charge on any atom is 0.104 e. The van der Waals surface area contributed by atoms with Gasteiger partial charge in [-0.15, -0.1) is 0 Å². The van der Waals surface area contributed by atoms with Crippen molar-refractivity contribution in [3.8, 4) is 50.8 Å². The van der Waals surface area contributed by atoms with Crippen LogP contribution in [0.5, 0.6) is 0 Å². The lowest BCUT2D eigenvalue weighted by atomic mass is 9.82. The number of hydrogen-bond donors (Lipinski definition) is 0. The van der Waals surface area contributed by atoms with Crippen molar-refractivity contribution in [3.05, 3.63) is 200 Å². The second-order valence-corrected chi connectivity index (χ2v) is 16.6. The monoisotopic (exact) mass is 812 g/mol. The Labute approximate surface area is 365 Å². The first-order chi connectivity index (χ1) is 31.8. The highest BCUT2D eigenvalue weighted by Crippen LogP contribution is 2.54. The standard InChI is InChI=1S/C58H32N6/c59-32-42-57(63-44-24-10-20-38-37-28-29-60-33-43(37)39-21-11-25-45(63)52(39)51(38)44)49(35-16-6-2-7-17-35)48(34-14-4-1-5-15-34)50(36-18-8-3-9-19-36)58(42)64-46-26-12-22-40-53(46)54-41(23-13-27-47(54)64)56-55(40)61-30-31-62-56/h1-31,33H. The van der Waals surface area contributed by atoms with Gasteiger partial charge in [0.05, 0.1) is 44.5 Å². The van der Waals surface area contributed by atoms with E-state index in [2.05, 4.69) is 190 Å². The third-order valence-corrected chi connectivity index (χ3v) is 13.4. The van der Waals surface area contributed by atoms with Gasteiger partial charge in [0, 0.05) is 79.2 Å². The molecule has 0 saturated carbocycles. The van der Waals surface area contributed by atoms with Gasteiger partial charge in [0.25, 0.3) is 0 Å². The van der Waals surface area contributed by atoms with Crippen LogP contribution in [0.15, 0.2) is 195 Å². The van der Waals surface area contributed by atoms with Crippen molar-refractivity contribution in [2.75, 3.05) is 0 Å². The number of nitrogens with zero attached hydrogens (tertiary/aromatic N) is 6. The summed E-state index contributed by atoms with van der Waals surface area (Å²) in [6, 6.07) is 63.1. The molecule has 14 aromatic rings. The van der Waals surface area contributed by atoms with E-state index in [0.29, 0.717) is 5.56 Å². The topological polar surface area (TPSA) is 72.3 Å². The number of benzene rings is 10. The molecule has 0 spiro atoms. The number of hydrogen-bond acceptors (Lipinski definition) is 4. The molecule has 0 aliphatic rings. The SMILES string of the molecule is N#Cc1c(-n2c3cccc4c5ccncc5c5cccc2c5c43)c(-c2ccccc2)c(-c2ccccc2)c(-c2ccccc2)c1-n1c2cccc3c4nccnc4c4cccc1c4c32. The maximum atomic E-state index is 12.3. The van der Waals surface area contributed by atoms with E-state index in [4.69, 9.17) is 9.97 Å². The van der Waals surface area contributed by atoms with Crippen LogP contribution in [-0.4, -0.2) is 24.1 Å². The summed E-state index contributed by atoms with van der Waals surface area (Å²) in [5.74, 6) is 0.